The molecule has 0 spiro atoms. The molecule has 2 aromatic heterocycles. The van der Waals surface area contributed by atoms with Gasteiger partial charge in [0.15, 0.2) is 5.82 Å². The highest BCUT2D eigenvalue weighted by molar-refractivity contribution is 6.29. The maximum absolute atomic E-state index is 6.33. The van der Waals surface area contributed by atoms with Crippen LogP contribution >= 0.6 is 0 Å². The van der Waals surface area contributed by atoms with Gasteiger partial charge >= 0.3 is 0 Å². The van der Waals surface area contributed by atoms with Gasteiger partial charge in [-0.2, -0.15) is 0 Å². The molecule has 0 bridgehead atoms. The van der Waals surface area contributed by atoms with Crippen LogP contribution in [-0.2, 0) is 0 Å². The highest BCUT2D eigenvalue weighted by Crippen LogP contribution is 2.48. The van der Waals surface area contributed by atoms with Crippen LogP contribution in [0, 0.1) is 0 Å². The van der Waals surface area contributed by atoms with Gasteiger partial charge in [0.1, 0.15) is 11.2 Å². The minimum atomic E-state index is 0.677. The molecule has 2 heterocycles. The zero-order valence-corrected chi connectivity index (χ0v) is 31.9. The molecule has 3 heteroatoms. The summed E-state index contributed by atoms with van der Waals surface area (Å²) in [5.74, 6) is 0.677. The predicted molar refractivity (Wildman–Crippen MR) is 247 cm³/mol. The zero-order chi connectivity index (χ0) is 38.9. The van der Waals surface area contributed by atoms with E-state index in [9.17, 15) is 0 Å². The van der Waals surface area contributed by atoms with E-state index in [1.807, 2.05) is 30.3 Å². The molecule has 0 saturated carbocycles. The number of furan rings is 1. The summed E-state index contributed by atoms with van der Waals surface area (Å²) in [7, 11) is 0. The molecular formula is C56H34N2O. The van der Waals surface area contributed by atoms with Crippen molar-refractivity contribution in [3.8, 4) is 56.2 Å². The molecule has 0 aliphatic rings. The maximum Gasteiger partial charge on any atom is 0.160 e. The van der Waals surface area contributed by atoms with Crippen LogP contribution in [0.3, 0.4) is 0 Å². The quantitative estimate of drug-likeness (QED) is 0.130. The average Bonchev–Trinajstić information content (AvgIpc) is 3.69. The van der Waals surface area contributed by atoms with Crippen molar-refractivity contribution in [1.82, 2.24) is 9.97 Å². The molecule has 0 unspecified atom stereocenters. The Bertz CT molecular complexity index is 3610. The Kier molecular flexibility index (Phi) is 7.54. The van der Waals surface area contributed by atoms with Crippen LogP contribution in [0.25, 0.3) is 121 Å². The highest BCUT2D eigenvalue weighted by Gasteiger charge is 2.21. The van der Waals surface area contributed by atoms with Crippen molar-refractivity contribution < 1.29 is 4.42 Å². The largest absolute Gasteiger partial charge is 0.456 e. The topological polar surface area (TPSA) is 38.9 Å². The molecule has 10 aromatic carbocycles. The van der Waals surface area contributed by atoms with Crippen molar-refractivity contribution in [2.75, 3.05) is 0 Å². The lowest BCUT2D eigenvalue weighted by atomic mass is 9.82. The van der Waals surface area contributed by atoms with E-state index in [1.54, 1.807) is 0 Å². The van der Waals surface area contributed by atoms with E-state index in [2.05, 4.69) is 176 Å². The lowest BCUT2D eigenvalue weighted by Crippen LogP contribution is -1.97. The lowest BCUT2D eigenvalue weighted by molar-refractivity contribution is 0.669. The molecule has 0 atom stereocenters. The van der Waals surface area contributed by atoms with Crippen LogP contribution in [0.1, 0.15) is 0 Å². The van der Waals surface area contributed by atoms with Crippen molar-refractivity contribution in [3.63, 3.8) is 0 Å². The number of benzene rings is 10. The van der Waals surface area contributed by atoms with Crippen LogP contribution in [0.2, 0.25) is 0 Å². The van der Waals surface area contributed by atoms with Crippen molar-refractivity contribution in [3.05, 3.63) is 206 Å². The van der Waals surface area contributed by atoms with Gasteiger partial charge in [-0.1, -0.05) is 182 Å². The third-order valence-electron chi connectivity index (χ3n) is 11.9. The molecule has 0 radical (unpaired) electrons. The van der Waals surface area contributed by atoms with Crippen LogP contribution in [0.5, 0.6) is 0 Å². The summed E-state index contributed by atoms with van der Waals surface area (Å²) in [4.78, 5) is 10.5. The van der Waals surface area contributed by atoms with Gasteiger partial charge in [-0.05, 0) is 89.6 Å². The molecule has 0 N–H and O–H groups in total. The van der Waals surface area contributed by atoms with Crippen molar-refractivity contribution in [1.29, 1.82) is 0 Å². The minimum Gasteiger partial charge on any atom is -0.456 e. The molecule has 0 amide bonds. The first-order valence-electron chi connectivity index (χ1n) is 20.1. The molecule has 274 valence electrons. The van der Waals surface area contributed by atoms with E-state index in [4.69, 9.17) is 14.4 Å². The first-order valence-corrected chi connectivity index (χ1v) is 20.1. The SMILES string of the molecule is c1ccc(-c2nc(-c3ccc4c(c3)oc3ccccc34)cc(-c3ccc(-c4c5ccccc5c(-c5ccccc5)c5c4ccc4ccccc45)c4ccccc34)n2)cc1. The van der Waals surface area contributed by atoms with E-state index in [-0.39, 0.29) is 0 Å². The Hall–Kier alpha value is -7.88. The van der Waals surface area contributed by atoms with Gasteiger partial charge in [-0.15, -0.1) is 0 Å². The monoisotopic (exact) mass is 750 g/mol. The van der Waals surface area contributed by atoms with E-state index in [0.717, 1.165) is 55.4 Å². The smallest absolute Gasteiger partial charge is 0.160 e. The second-order valence-corrected chi connectivity index (χ2v) is 15.2. The van der Waals surface area contributed by atoms with Gasteiger partial charge in [0.2, 0.25) is 0 Å². The van der Waals surface area contributed by atoms with Gasteiger partial charge < -0.3 is 4.42 Å². The van der Waals surface area contributed by atoms with Gasteiger partial charge in [0.25, 0.3) is 0 Å². The Morgan fingerprint density at radius 3 is 1.64 bits per heavy atom. The van der Waals surface area contributed by atoms with Crippen LogP contribution in [-0.4, -0.2) is 9.97 Å². The lowest BCUT2D eigenvalue weighted by Gasteiger charge is -2.21. The van der Waals surface area contributed by atoms with E-state index >= 15 is 0 Å². The number of hydrogen-bond acceptors (Lipinski definition) is 3. The average molecular weight is 751 g/mol. The summed E-state index contributed by atoms with van der Waals surface area (Å²) in [6, 6.07) is 73.4. The van der Waals surface area contributed by atoms with E-state index < -0.39 is 0 Å². The fourth-order valence-corrected chi connectivity index (χ4v) is 9.22. The van der Waals surface area contributed by atoms with Crippen molar-refractivity contribution in [2.24, 2.45) is 0 Å². The second kappa shape index (κ2) is 13.4. The number of nitrogens with zero attached hydrogens (tertiary/aromatic N) is 2. The summed E-state index contributed by atoms with van der Waals surface area (Å²) in [5.41, 5.74) is 11.3. The standard InChI is InChI=1S/C56H34N2O/c1-3-16-36(17-4-1)53-45-24-11-12-25-46(45)54(48-30-27-35-15-7-8-20-39(35)55(48)53)47-32-31-42(40-21-9-10-22-41(40)47)50-34-49(57-56(58-50)37-18-5-2-6-19-37)38-28-29-44-43-23-13-14-26-51(43)59-52(44)33-38/h1-34H. The zero-order valence-electron chi connectivity index (χ0n) is 31.9. The van der Waals surface area contributed by atoms with E-state index in [1.165, 1.54) is 60.0 Å². The maximum atomic E-state index is 6.33. The van der Waals surface area contributed by atoms with Gasteiger partial charge in [0, 0.05) is 27.5 Å². The van der Waals surface area contributed by atoms with E-state index in [0.29, 0.717) is 5.82 Å². The number of aromatic nitrogens is 2. The fourth-order valence-electron chi connectivity index (χ4n) is 9.22. The third-order valence-corrected chi connectivity index (χ3v) is 11.9. The molecule has 0 aliphatic heterocycles. The minimum absolute atomic E-state index is 0.677. The third kappa shape index (κ3) is 5.36. The molecule has 12 rings (SSSR count). The normalized spacial score (nSPS) is 11.7. The highest BCUT2D eigenvalue weighted by atomic mass is 16.3. The Balaban J connectivity index is 1.12. The Labute approximate surface area is 340 Å². The van der Waals surface area contributed by atoms with Crippen LogP contribution < -0.4 is 0 Å². The van der Waals surface area contributed by atoms with Crippen molar-refractivity contribution in [2.45, 2.75) is 0 Å². The Morgan fingerprint density at radius 2 is 0.864 bits per heavy atom. The number of hydrogen-bond donors (Lipinski definition) is 0. The molecule has 12 aromatic rings. The summed E-state index contributed by atoms with van der Waals surface area (Å²) >= 11 is 0. The molecule has 0 saturated heterocycles. The van der Waals surface area contributed by atoms with Crippen LogP contribution in [0.15, 0.2) is 211 Å². The van der Waals surface area contributed by atoms with Crippen molar-refractivity contribution >= 4 is 65.0 Å². The summed E-state index contributed by atoms with van der Waals surface area (Å²) in [6.45, 7) is 0. The summed E-state index contributed by atoms with van der Waals surface area (Å²) in [5, 5.41) is 11.9. The predicted octanol–water partition coefficient (Wildman–Crippen LogP) is 15.3. The molecular weight excluding hydrogens is 717 g/mol. The second-order valence-electron chi connectivity index (χ2n) is 15.2. The number of fused-ring (bicyclic) bond motifs is 8. The fraction of sp³-hybridized carbons (Fsp3) is 0. The summed E-state index contributed by atoms with van der Waals surface area (Å²) < 4.78 is 6.33. The number of rotatable bonds is 5. The molecule has 0 aliphatic carbocycles. The number of para-hydroxylation sites is 1. The molecule has 3 nitrogen and oxygen atoms in total. The molecule has 59 heavy (non-hydrogen) atoms. The Morgan fingerprint density at radius 1 is 0.305 bits per heavy atom. The molecule has 0 fully saturated rings. The first kappa shape index (κ1) is 33.3. The van der Waals surface area contributed by atoms with Gasteiger partial charge in [0.05, 0.1) is 11.4 Å². The first-order chi connectivity index (χ1) is 29.3. The van der Waals surface area contributed by atoms with Crippen LogP contribution in [0.4, 0.5) is 0 Å². The van der Waals surface area contributed by atoms with Gasteiger partial charge in [-0.3, -0.25) is 0 Å². The summed E-state index contributed by atoms with van der Waals surface area (Å²) in [6.07, 6.45) is 0. The van der Waals surface area contributed by atoms with Gasteiger partial charge in [-0.25, -0.2) is 9.97 Å².